The number of rotatable bonds is 5. The molecular weight excluding hydrogens is 460 g/mol. The molecule has 0 bridgehead atoms. The zero-order chi connectivity index (χ0) is 24.1. The molecule has 0 saturated heterocycles. The van der Waals surface area contributed by atoms with Gasteiger partial charge in [-0.3, -0.25) is 4.99 Å². The highest BCUT2D eigenvalue weighted by molar-refractivity contribution is 7.26. The van der Waals surface area contributed by atoms with E-state index in [1.165, 1.54) is 36.6 Å². The lowest BCUT2D eigenvalue weighted by Crippen LogP contribution is -1.97. The van der Waals surface area contributed by atoms with Crippen molar-refractivity contribution in [2.45, 2.75) is 6.61 Å². The first-order valence-electron chi connectivity index (χ1n) is 11.9. The second kappa shape index (κ2) is 8.36. The highest BCUT2D eigenvalue weighted by atomic mass is 32.1. The van der Waals surface area contributed by atoms with Crippen LogP contribution in [0.4, 0.5) is 5.69 Å². The highest BCUT2D eigenvalue weighted by Gasteiger charge is 2.15. The summed E-state index contributed by atoms with van der Waals surface area (Å²) in [5.41, 5.74) is 5.43. The Hall–Kier alpha value is -4.41. The van der Waals surface area contributed by atoms with Crippen LogP contribution in [0.2, 0.25) is 0 Å². The van der Waals surface area contributed by atoms with Crippen LogP contribution >= 0.6 is 11.3 Å². The fraction of sp³-hybridized carbons (Fsp3) is 0.0312. The molecule has 2 aromatic heterocycles. The molecule has 0 unspecified atom stereocenters. The molecule has 172 valence electrons. The Morgan fingerprint density at radius 1 is 0.694 bits per heavy atom. The van der Waals surface area contributed by atoms with Gasteiger partial charge < -0.3 is 9.30 Å². The summed E-state index contributed by atoms with van der Waals surface area (Å²) >= 11 is 1.77. The van der Waals surface area contributed by atoms with Crippen molar-refractivity contribution in [1.82, 2.24) is 4.57 Å². The third-order valence-electron chi connectivity index (χ3n) is 6.78. The molecule has 7 rings (SSSR count). The van der Waals surface area contributed by atoms with Crippen molar-refractivity contribution in [3.63, 3.8) is 0 Å². The van der Waals surface area contributed by atoms with Crippen molar-refractivity contribution in [2.75, 3.05) is 0 Å². The number of thiophene rings is 1. The van der Waals surface area contributed by atoms with Gasteiger partial charge in [0, 0.05) is 36.6 Å². The maximum absolute atomic E-state index is 6.37. The van der Waals surface area contributed by atoms with Crippen LogP contribution in [0, 0.1) is 0 Å². The summed E-state index contributed by atoms with van der Waals surface area (Å²) in [6.07, 6.45) is 0. The molecule has 7 aromatic rings. The molecule has 0 atom stereocenters. The van der Waals surface area contributed by atoms with Gasteiger partial charge in [-0.25, -0.2) is 0 Å². The van der Waals surface area contributed by atoms with Gasteiger partial charge in [0.15, 0.2) is 0 Å². The first kappa shape index (κ1) is 20.9. The average Bonchev–Trinajstić information content (AvgIpc) is 3.47. The first-order valence-corrected chi connectivity index (χ1v) is 12.7. The van der Waals surface area contributed by atoms with Crippen LogP contribution in [0.15, 0.2) is 114 Å². The van der Waals surface area contributed by atoms with E-state index in [9.17, 15) is 0 Å². The molecule has 0 fully saturated rings. The molecule has 0 saturated carbocycles. The number of aliphatic imine (C=N–C) groups is 1. The molecule has 2 heterocycles. The predicted molar refractivity (Wildman–Crippen MR) is 154 cm³/mol. The van der Waals surface area contributed by atoms with Crippen LogP contribution in [0.25, 0.3) is 47.7 Å². The minimum Gasteiger partial charge on any atom is -0.487 e. The monoisotopic (exact) mass is 482 g/mol. The highest BCUT2D eigenvalue weighted by Crippen LogP contribution is 2.44. The molecule has 5 aromatic carbocycles. The van der Waals surface area contributed by atoms with Gasteiger partial charge >= 0.3 is 0 Å². The van der Waals surface area contributed by atoms with E-state index >= 15 is 0 Å². The Balaban J connectivity index is 1.32. The van der Waals surface area contributed by atoms with E-state index in [4.69, 9.17) is 4.74 Å². The largest absolute Gasteiger partial charge is 0.487 e. The molecule has 0 aliphatic carbocycles. The van der Waals surface area contributed by atoms with Crippen molar-refractivity contribution < 1.29 is 4.74 Å². The molecule has 0 radical (unpaired) electrons. The van der Waals surface area contributed by atoms with Crippen LogP contribution in [0.3, 0.4) is 0 Å². The van der Waals surface area contributed by atoms with Gasteiger partial charge in [0.25, 0.3) is 0 Å². The van der Waals surface area contributed by atoms with Crippen LogP contribution in [0.1, 0.15) is 5.56 Å². The summed E-state index contributed by atoms with van der Waals surface area (Å²) in [5.74, 6) is 0.754. The second-order valence-electron chi connectivity index (χ2n) is 8.87. The molecule has 0 N–H and O–H groups in total. The van der Waals surface area contributed by atoms with Crippen molar-refractivity contribution >= 4 is 65.7 Å². The second-order valence-corrected chi connectivity index (χ2v) is 9.95. The molecule has 36 heavy (non-hydrogen) atoms. The zero-order valence-corrected chi connectivity index (χ0v) is 20.3. The van der Waals surface area contributed by atoms with Gasteiger partial charge in [0.1, 0.15) is 18.0 Å². The summed E-state index contributed by atoms with van der Waals surface area (Å²) in [6.45, 7) is 4.31. The van der Waals surface area contributed by atoms with Crippen LogP contribution in [-0.4, -0.2) is 11.3 Å². The topological polar surface area (TPSA) is 26.5 Å². The molecule has 4 heteroatoms. The van der Waals surface area contributed by atoms with E-state index in [2.05, 4.69) is 119 Å². The van der Waals surface area contributed by atoms with E-state index < -0.39 is 0 Å². The lowest BCUT2D eigenvalue weighted by Gasteiger charge is -2.11. The number of benzene rings is 5. The third kappa shape index (κ3) is 3.23. The Morgan fingerprint density at radius 3 is 2.31 bits per heavy atom. The summed E-state index contributed by atoms with van der Waals surface area (Å²) < 4.78 is 11.1. The van der Waals surface area contributed by atoms with E-state index in [0.29, 0.717) is 6.61 Å². The number of nitrogens with zero attached hydrogens (tertiary/aromatic N) is 2. The molecule has 0 aliphatic heterocycles. The van der Waals surface area contributed by atoms with Gasteiger partial charge in [0.2, 0.25) is 0 Å². The Bertz CT molecular complexity index is 1910. The maximum atomic E-state index is 6.37. The standard InChI is InChI=1S/C32H22N2OS/c1-33-32-28(17-18-30-31(32)25-12-6-8-14-29(25)36-30)35-20-21-15-16-24-23-11-5-7-13-26(23)34(27(24)19-21)22-9-3-2-4-10-22/h2-19H,1,20H2. The van der Waals surface area contributed by atoms with E-state index in [0.717, 1.165) is 28.1 Å². The van der Waals surface area contributed by atoms with Crippen molar-refractivity contribution in [3.8, 4) is 11.4 Å². The van der Waals surface area contributed by atoms with Gasteiger partial charge in [-0.1, -0.05) is 66.7 Å². The minimum atomic E-state index is 0.447. The fourth-order valence-corrected chi connectivity index (χ4v) is 6.28. The normalized spacial score (nSPS) is 11.6. The van der Waals surface area contributed by atoms with Crippen LogP contribution < -0.4 is 4.74 Å². The number of ether oxygens (including phenoxy) is 1. The molecule has 0 aliphatic rings. The Morgan fingerprint density at radius 2 is 1.44 bits per heavy atom. The van der Waals surface area contributed by atoms with Crippen molar-refractivity contribution in [2.24, 2.45) is 4.99 Å². The predicted octanol–water partition coefficient (Wildman–Crippen LogP) is 9.06. The number of hydrogen-bond acceptors (Lipinski definition) is 3. The van der Waals surface area contributed by atoms with E-state index in [-0.39, 0.29) is 0 Å². The summed E-state index contributed by atoms with van der Waals surface area (Å²) in [6, 6.07) is 38.2. The van der Waals surface area contributed by atoms with Crippen molar-refractivity contribution in [1.29, 1.82) is 0 Å². The van der Waals surface area contributed by atoms with Gasteiger partial charge in [-0.05, 0) is 54.7 Å². The maximum Gasteiger partial charge on any atom is 0.146 e. The van der Waals surface area contributed by atoms with Crippen LogP contribution in [-0.2, 0) is 6.61 Å². The average molecular weight is 483 g/mol. The summed E-state index contributed by atoms with van der Waals surface area (Å²) in [4.78, 5) is 4.39. The van der Waals surface area contributed by atoms with Crippen LogP contribution in [0.5, 0.6) is 5.75 Å². The van der Waals surface area contributed by atoms with Crippen molar-refractivity contribution in [3.05, 3.63) is 115 Å². The molecule has 3 nitrogen and oxygen atoms in total. The zero-order valence-electron chi connectivity index (χ0n) is 19.5. The fourth-order valence-electron chi connectivity index (χ4n) is 5.18. The Labute approximate surface area is 212 Å². The van der Waals surface area contributed by atoms with Gasteiger partial charge in [-0.2, -0.15) is 0 Å². The third-order valence-corrected chi connectivity index (χ3v) is 7.92. The number of aromatic nitrogens is 1. The molecular formula is C32H22N2OS. The van der Waals surface area contributed by atoms with E-state index in [1.54, 1.807) is 11.3 Å². The molecule has 0 spiro atoms. The Kier molecular flexibility index (Phi) is 4.86. The first-order chi connectivity index (χ1) is 17.8. The number of para-hydroxylation sites is 2. The van der Waals surface area contributed by atoms with E-state index in [1.807, 2.05) is 6.07 Å². The number of fused-ring (bicyclic) bond motifs is 6. The van der Waals surface area contributed by atoms with Gasteiger partial charge in [-0.15, -0.1) is 11.3 Å². The SMILES string of the molecule is C=Nc1c(OCc2ccc3c4ccccc4n(-c4ccccc4)c3c2)ccc2sc3ccccc3c12. The smallest absolute Gasteiger partial charge is 0.146 e. The van der Waals surface area contributed by atoms with Gasteiger partial charge in [0.05, 0.1) is 11.0 Å². The lowest BCUT2D eigenvalue weighted by atomic mass is 10.1. The molecule has 0 amide bonds. The number of hydrogen-bond donors (Lipinski definition) is 0. The quantitative estimate of drug-likeness (QED) is 0.225. The lowest BCUT2D eigenvalue weighted by molar-refractivity contribution is 0.308. The summed E-state index contributed by atoms with van der Waals surface area (Å²) in [7, 11) is 0. The summed E-state index contributed by atoms with van der Waals surface area (Å²) in [5, 5.41) is 4.79. The minimum absolute atomic E-state index is 0.447.